The summed E-state index contributed by atoms with van der Waals surface area (Å²) in [7, 11) is 0. The molecule has 0 radical (unpaired) electrons. The molecule has 4 nitrogen and oxygen atoms in total. The molecule has 19 heavy (non-hydrogen) atoms. The van der Waals surface area contributed by atoms with Crippen molar-refractivity contribution in [2.24, 2.45) is 0 Å². The van der Waals surface area contributed by atoms with E-state index in [0.29, 0.717) is 12.6 Å². The molecular weight excluding hydrogens is 238 g/mol. The summed E-state index contributed by atoms with van der Waals surface area (Å²) in [5.41, 5.74) is 2.17. The third kappa shape index (κ3) is 4.04. The first-order valence-corrected chi connectivity index (χ1v) is 7.02. The minimum absolute atomic E-state index is 0.0676. The molecule has 1 fully saturated rings. The standard InChI is InChI=1S/C15H23N3O/c1-3-13-4-6-14(7-5-13)17-15(19)11-18-9-8-16-10-12(18)2/h4-7,12,16H,3,8-11H2,1-2H3,(H,17,19)/t12-/m0/s1. The third-order valence-electron chi connectivity index (χ3n) is 3.63. The fraction of sp³-hybridized carbons (Fsp3) is 0.533. The van der Waals surface area contributed by atoms with Gasteiger partial charge >= 0.3 is 0 Å². The van der Waals surface area contributed by atoms with Crippen molar-refractivity contribution in [3.8, 4) is 0 Å². The van der Waals surface area contributed by atoms with Crippen LogP contribution in [-0.2, 0) is 11.2 Å². The SMILES string of the molecule is CCc1ccc(NC(=O)CN2CCNC[C@@H]2C)cc1. The van der Waals surface area contributed by atoms with E-state index in [1.165, 1.54) is 5.56 Å². The average molecular weight is 261 g/mol. The van der Waals surface area contributed by atoms with Crippen LogP contribution in [0.5, 0.6) is 0 Å². The number of rotatable bonds is 4. The fourth-order valence-corrected chi connectivity index (χ4v) is 2.33. The third-order valence-corrected chi connectivity index (χ3v) is 3.63. The van der Waals surface area contributed by atoms with E-state index < -0.39 is 0 Å². The first-order chi connectivity index (χ1) is 9.19. The highest BCUT2D eigenvalue weighted by Gasteiger charge is 2.20. The van der Waals surface area contributed by atoms with Gasteiger partial charge in [-0.05, 0) is 31.0 Å². The van der Waals surface area contributed by atoms with Gasteiger partial charge in [0, 0.05) is 31.4 Å². The predicted octanol–water partition coefficient (Wildman–Crippen LogP) is 1.48. The van der Waals surface area contributed by atoms with Crippen molar-refractivity contribution >= 4 is 11.6 Å². The van der Waals surface area contributed by atoms with Crippen LogP contribution in [0.1, 0.15) is 19.4 Å². The topological polar surface area (TPSA) is 44.4 Å². The number of anilines is 1. The molecule has 0 saturated carbocycles. The summed E-state index contributed by atoms with van der Waals surface area (Å²) < 4.78 is 0. The lowest BCUT2D eigenvalue weighted by Gasteiger charge is -2.33. The molecule has 2 rings (SSSR count). The molecule has 0 aromatic heterocycles. The zero-order chi connectivity index (χ0) is 13.7. The van der Waals surface area contributed by atoms with E-state index in [1.54, 1.807) is 0 Å². The molecule has 1 aliphatic rings. The summed E-state index contributed by atoms with van der Waals surface area (Å²) in [4.78, 5) is 14.2. The smallest absolute Gasteiger partial charge is 0.238 e. The van der Waals surface area contributed by atoms with Crippen LogP contribution < -0.4 is 10.6 Å². The van der Waals surface area contributed by atoms with Gasteiger partial charge in [-0.2, -0.15) is 0 Å². The molecule has 1 aliphatic heterocycles. The Labute approximate surface area is 115 Å². The first kappa shape index (κ1) is 14.0. The van der Waals surface area contributed by atoms with Crippen LogP contribution in [-0.4, -0.2) is 43.0 Å². The maximum atomic E-state index is 12.0. The Balaban J connectivity index is 1.86. The van der Waals surface area contributed by atoms with Crippen LogP contribution in [0.15, 0.2) is 24.3 Å². The number of hydrogen-bond acceptors (Lipinski definition) is 3. The van der Waals surface area contributed by atoms with Gasteiger partial charge in [0.2, 0.25) is 5.91 Å². The molecule has 0 aliphatic carbocycles. The second-order valence-corrected chi connectivity index (χ2v) is 5.12. The van der Waals surface area contributed by atoms with Crippen molar-refractivity contribution in [1.29, 1.82) is 0 Å². The Morgan fingerprint density at radius 2 is 2.16 bits per heavy atom. The van der Waals surface area contributed by atoms with E-state index in [1.807, 2.05) is 12.1 Å². The summed E-state index contributed by atoms with van der Waals surface area (Å²) in [6.07, 6.45) is 1.02. The average Bonchev–Trinajstić information content (AvgIpc) is 2.42. The number of nitrogens with one attached hydrogen (secondary N) is 2. The van der Waals surface area contributed by atoms with Gasteiger partial charge in [-0.25, -0.2) is 0 Å². The van der Waals surface area contributed by atoms with Crippen molar-refractivity contribution < 1.29 is 4.79 Å². The van der Waals surface area contributed by atoms with Gasteiger partial charge < -0.3 is 10.6 Å². The molecule has 1 heterocycles. The highest BCUT2D eigenvalue weighted by atomic mass is 16.2. The van der Waals surface area contributed by atoms with E-state index in [0.717, 1.165) is 31.7 Å². The number of nitrogens with zero attached hydrogens (tertiary/aromatic N) is 1. The number of benzene rings is 1. The van der Waals surface area contributed by atoms with Crippen LogP contribution in [0.2, 0.25) is 0 Å². The lowest BCUT2D eigenvalue weighted by Crippen LogP contribution is -2.51. The molecular formula is C15H23N3O. The van der Waals surface area contributed by atoms with Crippen molar-refractivity contribution in [3.05, 3.63) is 29.8 Å². The molecule has 1 saturated heterocycles. The monoisotopic (exact) mass is 261 g/mol. The maximum Gasteiger partial charge on any atom is 0.238 e. The number of aryl methyl sites for hydroxylation is 1. The van der Waals surface area contributed by atoms with Crippen molar-refractivity contribution in [1.82, 2.24) is 10.2 Å². The van der Waals surface area contributed by atoms with E-state index in [9.17, 15) is 4.79 Å². The van der Waals surface area contributed by atoms with Crippen LogP contribution >= 0.6 is 0 Å². The van der Waals surface area contributed by atoms with Gasteiger partial charge in [-0.1, -0.05) is 19.1 Å². The lowest BCUT2D eigenvalue weighted by molar-refractivity contribution is -0.118. The molecule has 104 valence electrons. The van der Waals surface area contributed by atoms with Gasteiger partial charge in [0.15, 0.2) is 0 Å². The van der Waals surface area contributed by atoms with Gasteiger partial charge in [0.25, 0.3) is 0 Å². The van der Waals surface area contributed by atoms with Crippen molar-refractivity contribution in [2.75, 3.05) is 31.5 Å². The summed E-state index contributed by atoms with van der Waals surface area (Å²) in [6.45, 7) is 7.60. The molecule has 0 unspecified atom stereocenters. The Hall–Kier alpha value is -1.39. The molecule has 4 heteroatoms. The molecule has 1 aromatic rings. The Kier molecular flexibility index (Phi) is 4.93. The van der Waals surface area contributed by atoms with Crippen LogP contribution in [0.3, 0.4) is 0 Å². The second-order valence-electron chi connectivity index (χ2n) is 5.12. The van der Waals surface area contributed by atoms with Gasteiger partial charge in [0.05, 0.1) is 6.54 Å². The highest BCUT2D eigenvalue weighted by molar-refractivity contribution is 5.92. The number of amides is 1. The zero-order valence-corrected chi connectivity index (χ0v) is 11.8. The van der Waals surface area contributed by atoms with Crippen LogP contribution in [0.25, 0.3) is 0 Å². The first-order valence-electron chi connectivity index (χ1n) is 7.02. The molecule has 0 bridgehead atoms. The minimum atomic E-state index is 0.0676. The maximum absolute atomic E-state index is 12.0. The van der Waals surface area contributed by atoms with E-state index >= 15 is 0 Å². The largest absolute Gasteiger partial charge is 0.325 e. The Bertz CT molecular complexity index is 416. The summed E-state index contributed by atoms with van der Waals surface area (Å²) in [6, 6.07) is 8.48. The molecule has 1 aromatic carbocycles. The molecule has 1 atom stereocenters. The van der Waals surface area contributed by atoms with E-state index in [-0.39, 0.29) is 5.91 Å². The molecule has 0 spiro atoms. The zero-order valence-electron chi connectivity index (χ0n) is 11.8. The Morgan fingerprint density at radius 1 is 1.42 bits per heavy atom. The van der Waals surface area contributed by atoms with E-state index in [4.69, 9.17) is 0 Å². The number of carbonyl (C=O) groups is 1. The van der Waals surface area contributed by atoms with Crippen molar-refractivity contribution in [2.45, 2.75) is 26.3 Å². The highest BCUT2D eigenvalue weighted by Crippen LogP contribution is 2.10. The summed E-state index contributed by atoms with van der Waals surface area (Å²) >= 11 is 0. The molecule has 1 amide bonds. The summed E-state index contributed by atoms with van der Waals surface area (Å²) in [5.74, 6) is 0.0676. The predicted molar refractivity (Wildman–Crippen MR) is 78.4 cm³/mol. The van der Waals surface area contributed by atoms with Gasteiger partial charge in [-0.3, -0.25) is 9.69 Å². The van der Waals surface area contributed by atoms with Crippen LogP contribution in [0.4, 0.5) is 5.69 Å². The van der Waals surface area contributed by atoms with Crippen LogP contribution in [0, 0.1) is 0 Å². The Morgan fingerprint density at radius 3 is 2.79 bits per heavy atom. The number of hydrogen-bond donors (Lipinski definition) is 2. The quantitative estimate of drug-likeness (QED) is 0.863. The van der Waals surface area contributed by atoms with Gasteiger partial charge in [0.1, 0.15) is 0 Å². The van der Waals surface area contributed by atoms with Gasteiger partial charge in [-0.15, -0.1) is 0 Å². The lowest BCUT2D eigenvalue weighted by atomic mass is 10.1. The second kappa shape index (κ2) is 6.68. The number of carbonyl (C=O) groups excluding carboxylic acids is 1. The fourth-order valence-electron chi connectivity index (χ4n) is 2.33. The molecule has 2 N–H and O–H groups in total. The van der Waals surface area contributed by atoms with Crippen molar-refractivity contribution in [3.63, 3.8) is 0 Å². The summed E-state index contributed by atoms with van der Waals surface area (Å²) in [5, 5.41) is 6.29. The normalized spacial score (nSPS) is 20.2. The van der Waals surface area contributed by atoms with E-state index in [2.05, 4.69) is 41.5 Å². The minimum Gasteiger partial charge on any atom is -0.325 e. The number of piperazine rings is 1.